The number of aliphatic hydroxyl groups is 1. The molecule has 2 aromatic carbocycles. The molecule has 9 heteroatoms. The van der Waals surface area contributed by atoms with Crippen LogP contribution in [0.2, 0.25) is 5.02 Å². The molecule has 190 valence electrons. The Bertz CT molecular complexity index is 1320. The third-order valence-corrected chi connectivity index (χ3v) is 7.86. The number of imidazole rings is 1. The molecule has 1 aromatic heterocycles. The van der Waals surface area contributed by atoms with Crippen molar-refractivity contribution in [2.45, 2.75) is 63.6 Å². The zero-order chi connectivity index (χ0) is 25.6. The van der Waals surface area contributed by atoms with Crippen molar-refractivity contribution in [3.05, 3.63) is 58.4 Å². The van der Waals surface area contributed by atoms with Crippen molar-refractivity contribution in [2.75, 3.05) is 12.0 Å². The first-order valence-corrected chi connectivity index (χ1v) is 12.7. The van der Waals surface area contributed by atoms with Crippen molar-refractivity contribution in [3.8, 4) is 0 Å². The van der Waals surface area contributed by atoms with Gasteiger partial charge in [0.2, 0.25) is 0 Å². The highest BCUT2D eigenvalue weighted by Gasteiger charge is 2.35. The van der Waals surface area contributed by atoms with Gasteiger partial charge in [-0.15, -0.1) is 0 Å². The van der Waals surface area contributed by atoms with Crippen LogP contribution in [0.4, 0.5) is 10.5 Å². The third kappa shape index (κ3) is 4.22. The first kappa shape index (κ1) is 24.6. The Kier molecular flexibility index (Phi) is 6.66. The summed E-state index contributed by atoms with van der Waals surface area (Å²) in [5.41, 5.74) is 3.86. The molecule has 1 saturated carbocycles. The zero-order valence-corrected chi connectivity index (χ0v) is 21.1. The number of carbonyl (C=O) groups excluding carboxylic acids is 1. The Balaban J connectivity index is 1.70. The van der Waals surface area contributed by atoms with E-state index in [0.29, 0.717) is 29.3 Å². The molecule has 1 aliphatic heterocycles. The van der Waals surface area contributed by atoms with Crippen LogP contribution in [0.1, 0.15) is 68.1 Å². The van der Waals surface area contributed by atoms with E-state index in [1.807, 2.05) is 23.6 Å². The lowest BCUT2D eigenvalue weighted by Gasteiger charge is -2.34. The van der Waals surface area contributed by atoms with Crippen LogP contribution in [0.15, 0.2) is 36.4 Å². The summed E-state index contributed by atoms with van der Waals surface area (Å²) in [5, 5.41) is 21.7. The van der Waals surface area contributed by atoms with E-state index in [0.717, 1.165) is 48.0 Å². The van der Waals surface area contributed by atoms with E-state index in [1.54, 1.807) is 29.2 Å². The van der Waals surface area contributed by atoms with Crippen LogP contribution in [-0.2, 0) is 16.0 Å². The van der Waals surface area contributed by atoms with Crippen molar-refractivity contribution >= 4 is 40.4 Å². The van der Waals surface area contributed by atoms with Crippen molar-refractivity contribution in [3.63, 3.8) is 0 Å². The summed E-state index contributed by atoms with van der Waals surface area (Å²) in [5.74, 6) is -0.772. The number of ether oxygens (including phenoxy) is 1. The van der Waals surface area contributed by atoms with Crippen LogP contribution in [0.3, 0.4) is 0 Å². The van der Waals surface area contributed by atoms with Gasteiger partial charge in [-0.3, -0.25) is 9.69 Å². The largest absolute Gasteiger partial charge is 0.481 e. The molecular formula is C27H30ClN3O5. The normalized spacial score (nSPS) is 22.8. The van der Waals surface area contributed by atoms with Crippen molar-refractivity contribution in [2.24, 2.45) is 5.92 Å². The Hall–Kier alpha value is -3.10. The van der Waals surface area contributed by atoms with Gasteiger partial charge in [-0.25, -0.2) is 9.78 Å². The number of aromatic nitrogens is 2. The molecule has 0 saturated heterocycles. The standard InChI is InChI=1S/C27H30ClN3O5/c1-15-9-10-20-21(30(15)27(35)36-2)11-12-22-23(20)29-25(24(32)16-5-3-7-18(28)13-16)31(22)19-8-4-6-17(14-19)26(33)34/h3,5,7,11-13,15,17,19,24,32H,4,6,8-10,14H2,1-2H3,(H,33,34)/t15-,17?,19?,24?/m0/s1. The van der Waals surface area contributed by atoms with Gasteiger partial charge in [0.25, 0.3) is 0 Å². The number of fused-ring (bicyclic) bond motifs is 3. The fourth-order valence-electron chi connectivity index (χ4n) is 5.82. The molecule has 0 bridgehead atoms. The number of hydrogen-bond donors (Lipinski definition) is 2. The SMILES string of the molecule is COC(=O)N1c2ccc3c(nc(C(O)c4cccc(Cl)c4)n3C3CCCC(C(=O)O)C3)c2CC[C@@H]1C. The minimum atomic E-state index is -1.05. The molecule has 8 nitrogen and oxygen atoms in total. The van der Waals surface area contributed by atoms with Gasteiger partial charge in [0.05, 0.1) is 29.7 Å². The minimum Gasteiger partial charge on any atom is -0.481 e. The maximum Gasteiger partial charge on any atom is 0.414 e. The van der Waals surface area contributed by atoms with E-state index in [2.05, 4.69) is 0 Å². The van der Waals surface area contributed by atoms with Crippen molar-refractivity contribution in [1.29, 1.82) is 0 Å². The van der Waals surface area contributed by atoms with Gasteiger partial charge >= 0.3 is 12.1 Å². The summed E-state index contributed by atoms with van der Waals surface area (Å²) in [6.07, 6.45) is 2.72. The number of carboxylic acids is 1. The Labute approximate surface area is 214 Å². The minimum absolute atomic E-state index is 0.0179. The summed E-state index contributed by atoms with van der Waals surface area (Å²) in [6.45, 7) is 1.99. The summed E-state index contributed by atoms with van der Waals surface area (Å²) < 4.78 is 7.07. The highest BCUT2D eigenvalue weighted by Crippen LogP contribution is 2.42. The van der Waals surface area contributed by atoms with Crippen LogP contribution in [0.5, 0.6) is 0 Å². The molecule has 4 atom stereocenters. The lowest BCUT2D eigenvalue weighted by molar-refractivity contribution is -0.143. The number of benzene rings is 2. The number of carbonyl (C=O) groups is 2. The van der Waals surface area contributed by atoms with E-state index >= 15 is 0 Å². The van der Waals surface area contributed by atoms with Gasteiger partial charge in [-0.05, 0) is 68.9 Å². The highest BCUT2D eigenvalue weighted by molar-refractivity contribution is 6.30. The highest BCUT2D eigenvalue weighted by atomic mass is 35.5. The molecule has 0 radical (unpaired) electrons. The number of aliphatic carboxylic acids is 1. The molecule has 2 N–H and O–H groups in total. The second-order valence-electron chi connectivity index (χ2n) is 9.81. The number of aryl methyl sites for hydroxylation is 1. The topological polar surface area (TPSA) is 105 Å². The van der Waals surface area contributed by atoms with Gasteiger partial charge in [0, 0.05) is 22.7 Å². The van der Waals surface area contributed by atoms with Crippen LogP contribution in [0.25, 0.3) is 11.0 Å². The van der Waals surface area contributed by atoms with Crippen molar-refractivity contribution in [1.82, 2.24) is 9.55 Å². The number of rotatable bonds is 4. The van der Waals surface area contributed by atoms with E-state index < -0.39 is 24.1 Å². The monoisotopic (exact) mass is 511 g/mol. The zero-order valence-electron chi connectivity index (χ0n) is 20.4. The van der Waals surface area contributed by atoms with Gasteiger partial charge in [-0.2, -0.15) is 0 Å². The third-order valence-electron chi connectivity index (χ3n) is 7.62. The molecule has 2 aliphatic rings. The smallest absolute Gasteiger partial charge is 0.414 e. The van der Waals surface area contributed by atoms with E-state index in [1.165, 1.54) is 7.11 Å². The van der Waals surface area contributed by atoms with E-state index in [-0.39, 0.29) is 12.1 Å². The predicted octanol–water partition coefficient (Wildman–Crippen LogP) is 5.49. The molecule has 0 spiro atoms. The Morgan fingerprint density at radius 3 is 2.72 bits per heavy atom. The lowest BCUT2D eigenvalue weighted by atomic mass is 9.85. The average Bonchev–Trinajstić information content (AvgIpc) is 3.27. The second-order valence-corrected chi connectivity index (χ2v) is 10.2. The van der Waals surface area contributed by atoms with E-state index in [4.69, 9.17) is 21.3 Å². The van der Waals surface area contributed by atoms with Crippen LogP contribution < -0.4 is 4.90 Å². The average molecular weight is 512 g/mol. The maximum absolute atomic E-state index is 12.6. The molecule has 3 unspecified atom stereocenters. The number of methoxy groups -OCH3 is 1. The van der Waals surface area contributed by atoms with Crippen LogP contribution in [0, 0.1) is 5.92 Å². The van der Waals surface area contributed by atoms with Gasteiger partial charge in [-0.1, -0.05) is 30.2 Å². The number of anilines is 1. The molecule has 1 aliphatic carbocycles. The number of nitrogens with zero attached hydrogens (tertiary/aromatic N) is 3. The number of carboxylic acid groups (broad SMARTS) is 1. The van der Waals surface area contributed by atoms with Gasteiger partial charge < -0.3 is 19.5 Å². The number of aliphatic hydroxyl groups excluding tert-OH is 1. The van der Waals surface area contributed by atoms with Gasteiger partial charge in [0.1, 0.15) is 11.9 Å². The second kappa shape index (κ2) is 9.75. The fraction of sp³-hybridized carbons (Fsp3) is 0.444. The van der Waals surface area contributed by atoms with Gasteiger partial charge in [0.15, 0.2) is 0 Å². The number of halogens is 1. The van der Waals surface area contributed by atoms with E-state index in [9.17, 15) is 19.8 Å². The molecule has 1 fully saturated rings. The molecule has 1 amide bonds. The Morgan fingerprint density at radius 2 is 2.00 bits per heavy atom. The molecular weight excluding hydrogens is 482 g/mol. The summed E-state index contributed by atoms with van der Waals surface area (Å²) in [4.78, 5) is 31.0. The quantitative estimate of drug-likeness (QED) is 0.479. The summed E-state index contributed by atoms with van der Waals surface area (Å²) in [7, 11) is 1.37. The summed E-state index contributed by atoms with van der Waals surface area (Å²) in [6, 6.07) is 10.7. The number of hydrogen-bond acceptors (Lipinski definition) is 5. The lowest BCUT2D eigenvalue weighted by Crippen LogP contribution is -2.42. The molecule has 2 heterocycles. The first-order valence-electron chi connectivity index (χ1n) is 12.4. The fourth-order valence-corrected chi connectivity index (χ4v) is 6.02. The van der Waals surface area contributed by atoms with Crippen LogP contribution >= 0.6 is 11.6 Å². The predicted molar refractivity (Wildman–Crippen MR) is 137 cm³/mol. The van der Waals surface area contributed by atoms with Crippen molar-refractivity contribution < 1.29 is 24.5 Å². The van der Waals surface area contributed by atoms with Crippen LogP contribution in [-0.4, -0.2) is 45.0 Å². The first-order chi connectivity index (χ1) is 17.3. The molecule has 5 rings (SSSR count). The maximum atomic E-state index is 12.6. The Morgan fingerprint density at radius 1 is 1.19 bits per heavy atom. The summed E-state index contributed by atoms with van der Waals surface area (Å²) >= 11 is 6.21. The number of amides is 1. The molecule has 3 aromatic rings. The molecule has 36 heavy (non-hydrogen) atoms.